The largest absolute Gasteiger partial charge is 0.379 e. The molecule has 140 valence electrons. The van der Waals surface area contributed by atoms with Crippen molar-refractivity contribution < 1.29 is 9.42 Å². The first-order valence-electron chi connectivity index (χ1n) is 9.03. The number of carbonyl (C=O) groups is 1. The second-order valence-electron chi connectivity index (χ2n) is 6.68. The zero-order valence-corrected chi connectivity index (χ0v) is 14.9. The van der Waals surface area contributed by atoms with Crippen LogP contribution in [0.3, 0.4) is 0 Å². The van der Waals surface area contributed by atoms with Crippen molar-refractivity contribution in [2.75, 3.05) is 18.8 Å². The average molecular weight is 375 g/mol. The first kappa shape index (κ1) is 16.4. The van der Waals surface area contributed by atoms with Gasteiger partial charge in [0.1, 0.15) is 5.52 Å². The first-order chi connectivity index (χ1) is 13.7. The summed E-state index contributed by atoms with van der Waals surface area (Å²) in [6.45, 7) is 1.64. The molecule has 3 aromatic heterocycles. The van der Waals surface area contributed by atoms with Crippen LogP contribution in [0.15, 0.2) is 47.4 Å². The quantitative estimate of drug-likeness (QED) is 0.584. The van der Waals surface area contributed by atoms with Gasteiger partial charge in [0, 0.05) is 30.5 Å². The molecule has 1 amide bonds. The highest BCUT2D eigenvalue weighted by Gasteiger charge is 2.22. The summed E-state index contributed by atoms with van der Waals surface area (Å²) < 4.78 is 6.65. The predicted octanol–water partition coefficient (Wildman–Crippen LogP) is 2.29. The van der Waals surface area contributed by atoms with Crippen molar-refractivity contribution in [3.63, 3.8) is 0 Å². The molecule has 4 heterocycles. The Morgan fingerprint density at radius 1 is 1.07 bits per heavy atom. The van der Waals surface area contributed by atoms with E-state index < -0.39 is 0 Å². The minimum atomic E-state index is 0.0638. The smallest absolute Gasteiger partial charge is 0.253 e. The molecule has 0 atom stereocenters. The number of nitrogens with zero attached hydrogens (tertiary/aromatic N) is 6. The van der Waals surface area contributed by atoms with Gasteiger partial charge in [0.15, 0.2) is 17.3 Å². The number of nitrogen functional groups attached to an aromatic ring is 1. The Kier molecular flexibility index (Phi) is 3.78. The van der Waals surface area contributed by atoms with Gasteiger partial charge < -0.3 is 10.6 Å². The van der Waals surface area contributed by atoms with E-state index in [1.807, 2.05) is 39.8 Å². The van der Waals surface area contributed by atoms with Crippen LogP contribution in [0.1, 0.15) is 23.2 Å². The molecule has 1 aliphatic heterocycles. The highest BCUT2D eigenvalue weighted by Crippen LogP contribution is 2.29. The summed E-state index contributed by atoms with van der Waals surface area (Å²) in [4.78, 5) is 23.2. The lowest BCUT2D eigenvalue weighted by atomic mass is 10.1. The van der Waals surface area contributed by atoms with Gasteiger partial charge in [-0.3, -0.25) is 14.3 Å². The Hall–Kier alpha value is -3.75. The van der Waals surface area contributed by atoms with Gasteiger partial charge in [0.05, 0.1) is 11.7 Å². The van der Waals surface area contributed by atoms with Crippen molar-refractivity contribution in [3.8, 4) is 17.2 Å². The fraction of sp³-hybridized carbons (Fsp3) is 0.211. The van der Waals surface area contributed by atoms with E-state index >= 15 is 0 Å². The second-order valence-corrected chi connectivity index (χ2v) is 6.68. The number of carbonyl (C=O) groups excluding carboxylic acids is 1. The van der Waals surface area contributed by atoms with Crippen LogP contribution in [0.25, 0.3) is 28.2 Å². The topological polar surface area (TPSA) is 116 Å². The predicted molar refractivity (Wildman–Crippen MR) is 102 cm³/mol. The van der Waals surface area contributed by atoms with E-state index in [2.05, 4.69) is 20.3 Å². The average Bonchev–Trinajstić information content (AvgIpc) is 3.47. The van der Waals surface area contributed by atoms with Crippen LogP contribution in [0.4, 0.5) is 5.82 Å². The molecular weight excluding hydrogens is 358 g/mol. The minimum Gasteiger partial charge on any atom is -0.379 e. The van der Waals surface area contributed by atoms with Crippen LogP contribution in [0, 0.1) is 0 Å². The Morgan fingerprint density at radius 3 is 2.57 bits per heavy atom. The fourth-order valence-corrected chi connectivity index (χ4v) is 3.56. The van der Waals surface area contributed by atoms with Gasteiger partial charge in [0.2, 0.25) is 0 Å². The fourth-order valence-electron chi connectivity index (χ4n) is 3.56. The van der Waals surface area contributed by atoms with Gasteiger partial charge in [-0.15, -0.1) is 0 Å². The third-order valence-electron chi connectivity index (χ3n) is 4.95. The van der Waals surface area contributed by atoms with E-state index in [4.69, 9.17) is 10.4 Å². The standard InChI is InChI=1S/C19H17N7O2/c20-17-16(23-28-24-17)18-22-14-11-21-8-7-15(14)26(18)13-5-3-12(4-6-13)19(27)25-9-1-2-10-25/h3-8,11H,1-2,9-10H2,(H2,20,24). The summed E-state index contributed by atoms with van der Waals surface area (Å²) in [5.74, 6) is 0.722. The number of anilines is 1. The number of hydrogen-bond acceptors (Lipinski definition) is 7. The number of fused-ring (bicyclic) bond motifs is 1. The Balaban J connectivity index is 1.61. The zero-order valence-electron chi connectivity index (χ0n) is 14.9. The van der Waals surface area contributed by atoms with Crippen LogP contribution in [-0.4, -0.2) is 48.7 Å². The molecule has 1 saturated heterocycles. The van der Waals surface area contributed by atoms with Crippen LogP contribution in [0.5, 0.6) is 0 Å². The number of rotatable bonds is 3. The van der Waals surface area contributed by atoms with E-state index in [-0.39, 0.29) is 11.7 Å². The van der Waals surface area contributed by atoms with E-state index in [1.165, 1.54) is 0 Å². The lowest BCUT2D eigenvalue weighted by Gasteiger charge is -2.15. The summed E-state index contributed by atoms with van der Waals surface area (Å²) in [6.07, 6.45) is 5.50. The second kappa shape index (κ2) is 6.45. The minimum absolute atomic E-state index is 0.0638. The van der Waals surface area contributed by atoms with Gasteiger partial charge in [-0.25, -0.2) is 9.61 Å². The molecule has 9 heteroatoms. The molecule has 2 N–H and O–H groups in total. The van der Waals surface area contributed by atoms with Crippen LogP contribution in [0.2, 0.25) is 0 Å². The van der Waals surface area contributed by atoms with E-state index in [0.29, 0.717) is 22.6 Å². The highest BCUT2D eigenvalue weighted by atomic mass is 16.6. The Bertz CT molecular complexity index is 1160. The molecule has 0 unspecified atom stereocenters. The van der Waals surface area contributed by atoms with Crippen LogP contribution >= 0.6 is 0 Å². The maximum absolute atomic E-state index is 12.6. The van der Waals surface area contributed by atoms with Crippen molar-refractivity contribution >= 4 is 22.8 Å². The number of likely N-dealkylation sites (tertiary alicyclic amines) is 1. The maximum Gasteiger partial charge on any atom is 0.253 e. The number of benzene rings is 1. The number of hydrogen-bond donors (Lipinski definition) is 1. The van der Waals surface area contributed by atoms with Gasteiger partial charge >= 0.3 is 0 Å². The third-order valence-corrected chi connectivity index (χ3v) is 4.95. The molecule has 0 radical (unpaired) electrons. The molecule has 0 bridgehead atoms. The molecule has 5 rings (SSSR count). The number of imidazole rings is 1. The van der Waals surface area contributed by atoms with Gasteiger partial charge in [-0.1, -0.05) is 0 Å². The Morgan fingerprint density at radius 2 is 1.86 bits per heavy atom. The molecular formula is C19H17N7O2. The molecule has 28 heavy (non-hydrogen) atoms. The van der Waals surface area contributed by atoms with Crippen molar-refractivity contribution in [2.45, 2.75) is 12.8 Å². The van der Waals surface area contributed by atoms with Crippen molar-refractivity contribution in [1.29, 1.82) is 0 Å². The van der Waals surface area contributed by atoms with E-state index in [0.717, 1.165) is 37.1 Å². The monoisotopic (exact) mass is 375 g/mol. The maximum atomic E-state index is 12.6. The van der Waals surface area contributed by atoms with Gasteiger partial charge in [0.25, 0.3) is 5.91 Å². The van der Waals surface area contributed by atoms with Gasteiger partial charge in [-0.05, 0) is 53.5 Å². The van der Waals surface area contributed by atoms with Crippen LogP contribution in [-0.2, 0) is 0 Å². The summed E-state index contributed by atoms with van der Waals surface area (Å²) >= 11 is 0. The van der Waals surface area contributed by atoms with Gasteiger partial charge in [-0.2, -0.15) is 0 Å². The van der Waals surface area contributed by atoms with Crippen LogP contribution < -0.4 is 5.73 Å². The number of pyridine rings is 1. The van der Waals surface area contributed by atoms with E-state index in [9.17, 15) is 4.79 Å². The summed E-state index contributed by atoms with van der Waals surface area (Å²) in [7, 11) is 0. The highest BCUT2D eigenvalue weighted by molar-refractivity contribution is 5.94. The third kappa shape index (κ3) is 2.59. The molecule has 4 aromatic rings. The van der Waals surface area contributed by atoms with Crippen molar-refractivity contribution in [3.05, 3.63) is 48.3 Å². The summed E-state index contributed by atoms with van der Waals surface area (Å²) in [5, 5.41) is 7.54. The van der Waals surface area contributed by atoms with Crippen molar-refractivity contribution in [2.24, 2.45) is 0 Å². The van der Waals surface area contributed by atoms with E-state index in [1.54, 1.807) is 12.4 Å². The molecule has 0 saturated carbocycles. The molecule has 1 aromatic carbocycles. The number of amides is 1. The number of nitrogens with two attached hydrogens (primary N) is 1. The first-order valence-corrected chi connectivity index (χ1v) is 9.03. The summed E-state index contributed by atoms with van der Waals surface area (Å²) in [6, 6.07) is 9.29. The zero-order chi connectivity index (χ0) is 19.1. The molecule has 1 aliphatic rings. The lowest BCUT2D eigenvalue weighted by molar-refractivity contribution is 0.0793. The molecule has 1 fully saturated rings. The number of aromatic nitrogens is 5. The van der Waals surface area contributed by atoms with Crippen molar-refractivity contribution in [1.82, 2.24) is 29.7 Å². The SMILES string of the molecule is Nc1nonc1-c1nc2cnccc2n1-c1ccc(C(=O)N2CCCC2)cc1. The molecule has 9 nitrogen and oxygen atoms in total. The molecule has 0 spiro atoms. The normalized spacial score (nSPS) is 14.1. The Labute approximate surface area is 159 Å². The summed E-state index contributed by atoms with van der Waals surface area (Å²) in [5.41, 5.74) is 9.26. The lowest BCUT2D eigenvalue weighted by Crippen LogP contribution is -2.27. The molecule has 0 aliphatic carbocycles.